The van der Waals surface area contributed by atoms with Gasteiger partial charge < -0.3 is 5.11 Å². The number of hydrogen-bond donors (Lipinski definition) is 2. The zero-order valence-corrected chi connectivity index (χ0v) is 21.0. The van der Waals surface area contributed by atoms with Gasteiger partial charge in [0.15, 0.2) is 0 Å². The molecule has 0 bridgehead atoms. The number of benzene rings is 3. The minimum absolute atomic E-state index is 0.0152. The maximum Gasteiger partial charge on any atom is 0.472 e. The van der Waals surface area contributed by atoms with E-state index in [9.17, 15) is 36.3 Å². The molecule has 0 heterocycles. The number of carbonyl (C=O) groups is 2. The van der Waals surface area contributed by atoms with Crippen LogP contribution in [0.3, 0.4) is 0 Å². The number of halogens is 3. The summed E-state index contributed by atoms with van der Waals surface area (Å²) in [7, 11) is -3.94. The van der Waals surface area contributed by atoms with Crippen molar-refractivity contribution in [2.24, 2.45) is 0 Å². The monoisotopic (exact) mass is 534 g/mol. The average Bonchev–Trinajstić information content (AvgIpc) is 2.78. The van der Waals surface area contributed by atoms with Crippen LogP contribution in [0.5, 0.6) is 0 Å². The predicted molar refractivity (Wildman–Crippen MR) is 133 cm³/mol. The molecule has 0 aliphatic heterocycles. The van der Waals surface area contributed by atoms with Gasteiger partial charge in [-0.05, 0) is 56.2 Å². The van der Waals surface area contributed by atoms with Gasteiger partial charge in [0.1, 0.15) is 0 Å². The van der Waals surface area contributed by atoms with E-state index < -0.39 is 40.0 Å². The van der Waals surface area contributed by atoms with Crippen LogP contribution in [0.15, 0.2) is 77.7 Å². The Morgan fingerprint density at radius 2 is 1.46 bits per heavy atom. The predicted octanol–water partition coefficient (Wildman–Crippen LogP) is 5.28. The number of hydrogen-bond acceptors (Lipinski definition) is 4. The highest BCUT2D eigenvalue weighted by molar-refractivity contribution is 7.89. The lowest BCUT2D eigenvalue weighted by Crippen LogP contribution is -2.40. The van der Waals surface area contributed by atoms with Gasteiger partial charge in [-0.25, -0.2) is 13.1 Å². The van der Waals surface area contributed by atoms with Crippen molar-refractivity contribution in [1.82, 2.24) is 4.72 Å². The SMILES string of the molecule is CC(C)(C)NS(=O)(=O)c1ccccc1-c1ccc(N(C(=O)C(F)(F)F)c2ccccc2CC(=O)O)cc1. The summed E-state index contributed by atoms with van der Waals surface area (Å²) in [4.78, 5) is 24.1. The molecule has 3 rings (SSSR count). The van der Waals surface area contributed by atoms with Gasteiger partial charge in [0.25, 0.3) is 0 Å². The molecule has 196 valence electrons. The summed E-state index contributed by atoms with van der Waals surface area (Å²) in [6.07, 6.45) is -5.84. The molecule has 0 fully saturated rings. The van der Waals surface area contributed by atoms with Crippen LogP contribution >= 0.6 is 0 Å². The Bertz CT molecular complexity index is 1410. The second-order valence-electron chi connectivity index (χ2n) is 9.24. The van der Waals surface area contributed by atoms with Crippen LogP contribution in [0, 0.1) is 0 Å². The van der Waals surface area contributed by atoms with E-state index in [1.54, 1.807) is 39.0 Å². The van der Waals surface area contributed by atoms with E-state index in [0.29, 0.717) is 16.0 Å². The maximum absolute atomic E-state index is 13.5. The van der Waals surface area contributed by atoms with Gasteiger partial charge in [-0.1, -0.05) is 48.5 Å². The third kappa shape index (κ3) is 6.75. The molecule has 3 aromatic rings. The summed E-state index contributed by atoms with van der Waals surface area (Å²) < 4.78 is 69.2. The van der Waals surface area contributed by atoms with E-state index in [0.717, 1.165) is 0 Å². The Labute approximate surface area is 212 Å². The first kappa shape index (κ1) is 27.9. The summed E-state index contributed by atoms with van der Waals surface area (Å²) in [5.41, 5.74) is -0.434. The normalized spacial score (nSPS) is 12.3. The summed E-state index contributed by atoms with van der Waals surface area (Å²) in [5.74, 6) is -3.47. The van der Waals surface area contributed by atoms with Gasteiger partial charge in [-0.3, -0.25) is 14.5 Å². The maximum atomic E-state index is 13.5. The van der Waals surface area contributed by atoms with Gasteiger partial charge in [0, 0.05) is 16.8 Å². The Balaban J connectivity index is 2.12. The third-order valence-corrected chi connectivity index (χ3v) is 6.89. The van der Waals surface area contributed by atoms with E-state index in [-0.39, 0.29) is 21.8 Å². The number of para-hydroxylation sites is 1. The standard InChI is InChI=1S/C26H25F3N2O5S/c1-25(2,3)30-37(35,36)22-11-7-5-9-20(22)17-12-14-19(15-13-17)31(24(34)26(27,28)29)21-10-6-4-8-18(21)16-23(32)33/h4-15,30H,16H2,1-3H3,(H,32,33). The lowest BCUT2D eigenvalue weighted by atomic mass is 10.0. The molecule has 1 amide bonds. The average molecular weight is 535 g/mol. The van der Waals surface area contributed by atoms with Crippen molar-refractivity contribution in [3.8, 4) is 11.1 Å². The van der Waals surface area contributed by atoms with E-state index in [1.165, 1.54) is 54.6 Å². The second-order valence-corrected chi connectivity index (χ2v) is 10.9. The molecule has 0 spiro atoms. The molecule has 0 atom stereocenters. The number of rotatable bonds is 7. The van der Waals surface area contributed by atoms with E-state index in [4.69, 9.17) is 0 Å². The van der Waals surface area contributed by atoms with Crippen LogP contribution in [0.25, 0.3) is 11.1 Å². The van der Waals surface area contributed by atoms with Gasteiger partial charge in [-0.2, -0.15) is 13.2 Å². The molecule has 0 aliphatic carbocycles. The summed E-state index contributed by atoms with van der Waals surface area (Å²) in [6, 6.07) is 16.9. The Morgan fingerprint density at radius 3 is 2.03 bits per heavy atom. The Hall–Kier alpha value is -3.70. The number of nitrogens with zero attached hydrogens (tertiary/aromatic N) is 1. The van der Waals surface area contributed by atoms with Gasteiger partial charge in [0.2, 0.25) is 10.0 Å². The van der Waals surface area contributed by atoms with Crippen molar-refractivity contribution in [3.63, 3.8) is 0 Å². The highest BCUT2D eigenvalue weighted by Crippen LogP contribution is 2.36. The van der Waals surface area contributed by atoms with E-state index in [2.05, 4.69) is 4.72 Å². The molecule has 3 aromatic carbocycles. The first-order chi connectivity index (χ1) is 17.1. The first-order valence-electron chi connectivity index (χ1n) is 11.0. The van der Waals surface area contributed by atoms with Crippen molar-refractivity contribution in [2.45, 2.75) is 43.8 Å². The smallest absolute Gasteiger partial charge is 0.472 e. The van der Waals surface area contributed by atoms with Crippen molar-refractivity contribution in [3.05, 3.63) is 78.4 Å². The first-order valence-corrected chi connectivity index (χ1v) is 12.5. The molecule has 0 aromatic heterocycles. The number of aliphatic carboxylic acids is 1. The van der Waals surface area contributed by atoms with Crippen LogP contribution in [0.1, 0.15) is 26.3 Å². The molecule has 0 saturated heterocycles. The molecule has 0 unspecified atom stereocenters. The van der Waals surface area contributed by atoms with Crippen LogP contribution < -0.4 is 9.62 Å². The number of amides is 1. The Kier molecular flexibility index (Phi) is 7.80. The number of anilines is 2. The number of alkyl halides is 3. The van der Waals surface area contributed by atoms with Crippen LogP contribution in [0.2, 0.25) is 0 Å². The number of carboxylic acid groups (broad SMARTS) is 1. The van der Waals surface area contributed by atoms with E-state index >= 15 is 0 Å². The van der Waals surface area contributed by atoms with Gasteiger partial charge in [-0.15, -0.1) is 0 Å². The van der Waals surface area contributed by atoms with Crippen molar-refractivity contribution < 1.29 is 36.3 Å². The van der Waals surface area contributed by atoms with Crippen LogP contribution in [0.4, 0.5) is 24.5 Å². The molecule has 0 saturated carbocycles. The summed E-state index contributed by atoms with van der Waals surface area (Å²) >= 11 is 0. The van der Waals surface area contributed by atoms with Crippen LogP contribution in [-0.4, -0.2) is 37.1 Å². The molecule has 2 N–H and O–H groups in total. The van der Waals surface area contributed by atoms with Crippen molar-refractivity contribution >= 4 is 33.3 Å². The molecule has 0 radical (unpaired) electrons. The van der Waals surface area contributed by atoms with Gasteiger partial charge in [0.05, 0.1) is 17.0 Å². The molecule has 7 nitrogen and oxygen atoms in total. The fourth-order valence-electron chi connectivity index (χ4n) is 3.72. The van der Waals surface area contributed by atoms with Crippen molar-refractivity contribution in [2.75, 3.05) is 4.90 Å². The number of carbonyl (C=O) groups excluding carboxylic acids is 1. The molecule has 0 aliphatic rings. The van der Waals surface area contributed by atoms with Crippen molar-refractivity contribution in [1.29, 1.82) is 0 Å². The number of sulfonamides is 1. The zero-order valence-electron chi connectivity index (χ0n) is 20.2. The molecule has 37 heavy (non-hydrogen) atoms. The quantitative estimate of drug-likeness (QED) is 0.429. The Morgan fingerprint density at radius 1 is 0.892 bits per heavy atom. The van der Waals surface area contributed by atoms with Gasteiger partial charge >= 0.3 is 18.1 Å². The molecule has 11 heteroatoms. The number of nitrogens with one attached hydrogen (secondary N) is 1. The lowest BCUT2D eigenvalue weighted by molar-refractivity contribution is -0.169. The van der Waals surface area contributed by atoms with E-state index in [1.807, 2.05) is 0 Å². The molecular formula is C26H25F3N2O5S. The zero-order chi connectivity index (χ0) is 27.6. The summed E-state index contributed by atoms with van der Waals surface area (Å²) in [6.45, 7) is 5.07. The highest BCUT2D eigenvalue weighted by Gasteiger charge is 2.44. The van der Waals surface area contributed by atoms with Crippen LogP contribution in [-0.2, 0) is 26.0 Å². The topological polar surface area (TPSA) is 104 Å². The fraction of sp³-hybridized carbons (Fsp3) is 0.231. The second kappa shape index (κ2) is 10.3. The minimum atomic E-state index is -5.24. The third-order valence-electron chi connectivity index (χ3n) is 5.07. The highest BCUT2D eigenvalue weighted by atomic mass is 32.2. The fourth-order valence-corrected chi connectivity index (χ4v) is 5.37. The number of carboxylic acids is 1. The largest absolute Gasteiger partial charge is 0.481 e. The minimum Gasteiger partial charge on any atom is -0.481 e. The lowest BCUT2D eigenvalue weighted by Gasteiger charge is -2.26. The summed E-state index contributed by atoms with van der Waals surface area (Å²) in [5, 5.41) is 9.19. The molecular weight excluding hydrogens is 509 g/mol.